The summed E-state index contributed by atoms with van der Waals surface area (Å²) < 4.78 is 0. The summed E-state index contributed by atoms with van der Waals surface area (Å²) >= 11 is 0. The lowest BCUT2D eigenvalue weighted by Crippen LogP contribution is -2.74. The van der Waals surface area contributed by atoms with Gasteiger partial charge in [0.05, 0.1) is 28.1 Å². The van der Waals surface area contributed by atoms with Crippen LogP contribution in [0, 0.1) is 33.8 Å². The third-order valence-corrected chi connectivity index (χ3v) is 8.60. The second-order valence-corrected chi connectivity index (χ2v) is 11.2. The SMILES string of the molecule is CCC(C)NN(C)c1cc([N+](=O)[O-])c(O)c2c1CC1CC3[C@H](N(C)C)C(=O)C(C(N)=O)C(=O)[C@@]3(O)C(=O)C1C2=O. The van der Waals surface area contributed by atoms with Crippen LogP contribution in [-0.4, -0.2) is 87.9 Å². The molecule has 0 radical (unpaired) electrons. The van der Waals surface area contributed by atoms with Crippen LogP contribution in [0.25, 0.3) is 0 Å². The number of benzene rings is 1. The molecule has 216 valence electrons. The molecular formula is C26H33N5O9. The summed E-state index contributed by atoms with van der Waals surface area (Å²) in [7, 11) is 4.60. The Morgan fingerprint density at radius 2 is 1.88 bits per heavy atom. The van der Waals surface area contributed by atoms with E-state index in [0.717, 1.165) is 6.07 Å². The van der Waals surface area contributed by atoms with Gasteiger partial charge in [0.1, 0.15) is 0 Å². The maximum Gasteiger partial charge on any atom is 0.313 e. The number of nitro groups is 1. The second-order valence-electron chi connectivity index (χ2n) is 11.2. The molecule has 1 aromatic carbocycles. The topological polar surface area (TPSA) is 213 Å². The van der Waals surface area contributed by atoms with E-state index in [1.165, 1.54) is 24.0 Å². The largest absolute Gasteiger partial charge is 0.502 e. The zero-order valence-corrected chi connectivity index (χ0v) is 22.8. The number of nitro benzene ring substituents is 1. The number of Topliss-reactive ketones (excluding diaryl/α,β-unsaturated/α-hetero) is 4. The van der Waals surface area contributed by atoms with Crippen molar-refractivity contribution >= 4 is 40.4 Å². The number of hydrazine groups is 1. The molecule has 0 aliphatic heterocycles. The number of rotatable bonds is 7. The molecule has 0 bridgehead atoms. The van der Waals surface area contributed by atoms with Crippen molar-refractivity contribution < 1.29 is 39.1 Å². The third kappa shape index (κ3) is 4.09. The number of likely N-dealkylation sites (N-methyl/N-ethyl adjacent to an activating group) is 1. The number of phenolic OH excluding ortho intramolecular Hbond substituents is 1. The van der Waals surface area contributed by atoms with E-state index in [9.17, 15) is 44.3 Å². The van der Waals surface area contributed by atoms with Crippen molar-refractivity contribution in [3.8, 4) is 5.75 Å². The number of hydrogen-bond acceptors (Lipinski definition) is 12. The minimum Gasteiger partial charge on any atom is -0.502 e. The lowest BCUT2D eigenvalue weighted by Gasteiger charge is -2.52. The maximum atomic E-state index is 13.9. The highest BCUT2D eigenvalue weighted by atomic mass is 16.6. The molecule has 0 spiro atoms. The van der Waals surface area contributed by atoms with E-state index >= 15 is 0 Å². The van der Waals surface area contributed by atoms with Gasteiger partial charge in [-0.05, 0) is 51.8 Å². The summed E-state index contributed by atoms with van der Waals surface area (Å²) in [5.74, 6) is -12.4. The van der Waals surface area contributed by atoms with Crippen molar-refractivity contribution in [2.45, 2.75) is 50.8 Å². The fourth-order valence-electron chi connectivity index (χ4n) is 6.57. The number of aliphatic hydroxyl groups is 1. The summed E-state index contributed by atoms with van der Waals surface area (Å²) in [6.45, 7) is 3.82. The number of aromatic hydroxyl groups is 1. The van der Waals surface area contributed by atoms with E-state index in [1.807, 2.05) is 13.8 Å². The highest BCUT2D eigenvalue weighted by Crippen LogP contribution is 2.53. The number of anilines is 1. The first-order valence-corrected chi connectivity index (χ1v) is 13.0. The summed E-state index contributed by atoms with van der Waals surface area (Å²) in [5.41, 5.74) is 4.91. The number of carbonyl (C=O) groups excluding carboxylic acids is 5. The second kappa shape index (κ2) is 10.0. The van der Waals surface area contributed by atoms with Crippen LogP contribution in [0.15, 0.2) is 6.07 Å². The highest BCUT2D eigenvalue weighted by molar-refractivity contribution is 6.32. The number of amides is 1. The molecule has 4 rings (SSSR count). The number of fused-ring (bicyclic) bond motifs is 3. The van der Waals surface area contributed by atoms with Crippen LogP contribution in [0.5, 0.6) is 5.75 Å². The molecule has 2 fully saturated rings. The fourth-order valence-corrected chi connectivity index (χ4v) is 6.57. The minimum atomic E-state index is -2.87. The molecule has 5 N–H and O–H groups in total. The number of hydrogen-bond donors (Lipinski definition) is 4. The van der Waals surface area contributed by atoms with Gasteiger partial charge in [0.15, 0.2) is 34.7 Å². The molecule has 40 heavy (non-hydrogen) atoms. The van der Waals surface area contributed by atoms with Crippen molar-refractivity contribution in [2.24, 2.45) is 29.4 Å². The molecular weight excluding hydrogens is 526 g/mol. The molecule has 14 nitrogen and oxygen atoms in total. The van der Waals surface area contributed by atoms with Gasteiger partial charge in [-0.2, -0.15) is 0 Å². The predicted molar refractivity (Wildman–Crippen MR) is 139 cm³/mol. The standard InChI is InChI=1S/C26H33N5O9/c1-6-10(2)28-30(5)14-9-15(31(39)40)20(32)17-12(14)7-11-8-13-19(29(3)4)22(34)18(25(27)37)24(36)26(13,38)23(35)16(11)21(17)33/h9-11,13,16,18-19,28,32,38H,6-8H2,1-5H3,(H2,27,37)/t10?,11?,13?,16?,18?,19-,26-/m0/s1. The highest BCUT2D eigenvalue weighted by Gasteiger charge is 2.69. The zero-order valence-electron chi connectivity index (χ0n) is 22.8. The molecule has 3 aliphatic carbocycles. The molecule has 7 atom stereocenters. The minimum absolute atomic E-state index is 0.0146. The molecule has 0 aromatic heterocycles. The van der Waals surface area contributed by atoms with Gasteiger partial charge in [-0.1, -0.05) is 6.92 Å². The Bertz CT molecular complexity index is 1340. The number of carbonyl (C=O) groups is 5. The predicted octanol–water partition coefficient (Wildman–Crippen LogP) is -0.485. The van der Waals surface area contributed by atoms with Crippen LogP contribution in [0.4, 0.5) is 11.4 Å². The first kappa shape index (κ1) is 29.2. The quantitative estimate of drug-likeness (QED) is 0.189. The maximum absolute atomic E-state index is 13.9. The molecule has 2 saturated carbocycles. The summed E-state index contributed by atoms with van der Waals surface area (Å²) in [6.07, 6.45) is 0.578. The van der Waals surface area contributed by atoms with Crippen LogP contribution in [0.3, 0.4) is 0 Å². The van der Waals surface area contributed by atoms with E-state index in [1.54, 1.807) is 7.05 Å². The number of nitrogens with two attached hydrogens (primary N) is 1. The number of primary amides is 1. The van der Waals surface area contributed by atoms with E-state index in [0.29, 0.717) is 6.42 Å². The van der Waals surface area contributed by atoms with Crippen molar-refractivity contribution in [1.82, 2.24) is 10.3 Å². The Morgan fingerprint density at radius 1 is 1.25 bits per heavy atom. The van der Waals surface area contributed by atoms with Crippen LogP contribution in [0.2, 0.25) is 0 Å². The average molecular weight is 560 g/mol. The number of nitrogens with zero attached hydrogens (tertiary/aromatic N) is 3. The lowest BCUT2D eigenvalue weighted by molar-refractivity contribution is -0.385. The van der Waals surface area contributed by atoms with Gasteiger partial charge in [0.2, 0.25) is 11.7 Å². The Labute approximate surface area is 229 Å². The van der Waals surface area contributed by atoms with Crippen molar-refractivity contribution in [3.05, 3.63) is 27.3 Å². The van der Waals surface area contributed by atoms with Gasteiger partial charge in [-0.15, -0.1) is 0 Å². The van der Waals surface area contributed by atoms with Crippen LogP contribution in [0.1, 0.15) is 42.6 Å². The van der Waals surface area contributed by atoms with E-state index in [2.05, 4.69) is 5.43 Å². The van der Waals surface area contributed by atoms with Crippen LogP contribution >= 0.6 is 0 Å². The molecule has 0 heterocycles. The molecule has 14 heteroatoms. The Hall–Kier alpha value is -3.75. The molecule has 1 amide bonds. The van der Waals surface area contributed by atoms with Gasteiger partial charge < -0.3 is 21.0 Å². The van der Waals surface area contributed by atoms with Crippen LogP contribution in [-0.2, 0) is 25.6 Å². The van der Waals surface area contributed by atoms with Crippen molar-refractivity contribution in [1.29, 1.82) is 0 Å². The van der Waals surface area contributed by atoms with Gasteiger partial charge in [0, 0.05) is 25.1 Å². The summed E-state index contributed by atoms with van der Waals surface area (Å²) in [6, 6.07) is -0.127. The molecule has 0 saturated heterocycles. The Kier molecular flexibility index (Phi) is 7.32. The monoisotopic (exact) mass is 559 g/mol. The normalized spacial score (nSPS) is 30.4. The third-order valence-electron chi connectivity index (χ3n) is 8.60. The van der Waals surface area contributed by atoms with E-state index in [-0.39, 0.29) is 30.1 Å². The molecule has 3 aliphatic rings. The van der Waals surface area contributed by atoms with Gasteiger partial charge >= 0.3 is 5.69 Å². The van der Waals surface area contributed by atoms with Crippen molar-refractivity contribution in [3.63, 3.8) is 0 Å². The average Bonchev–Trinajstić information content (AvgIpc) is 2.85. The fraction of sp³-hybridized carbons (Fsp3) is 0.577. The van der Waals surface area contributed by atoms with E-state index < -0.39 is 86.3 Å². The van der Waals surface area contributed by atoms with E-state index in [4.69, 9.17) is 5.73 Å². The Morgan fingerprint density at radius 3 is 2.40 bits per heavy atom. The Balaban J connectivity index is 1.90. The number of ketones is 4. The molecule has 1 aromatic rings. The number of phenols is 1. The first-order chi connectivity index (χ1) is 18.6. The van der Waals surface area contributed by atoms with Gasteiger partial charge in [-0.3, -0.25) is 39.0 Å². The van der Waals surface area contributed by atoms with Gasteiger partial charge in [0.25, 0.3) is 0 Å². The zero-order chi connectivity index (χ0) is 30.0. The van der Waals surface area contributed by atoms with Crippen molar-refractivity contribution in [2.75, 3.05) is 26.2 Å². The molecule has 5 unspecified atom stereocenters. The summed E-state index contributed by atoms with van der Waals surface area (Å²) in [5, 5.41) is 35.8. The first-order valence-electron chi connectivity index (χ1n) is 13.0. The number of nitrogens with one attached hydrogen (secondary N) is 1. The lowest BCUT2D eigenvalue weighted by atomic mass is 9.52. The smallest absolute Gasteiger partial charge is 0.313 e. The summed E-state index contributed by atoms with van der Waals surface area (Å²) in [4.78, 5) is 78.8. The van der Waals surface area contributed by atoms with Crippen LogP contribution < -0.4 is 16.2 Å². The van der Waals surface area contributed by atoms with Gasteiger partial charge in [-0.25, -0.2) is 5.43 Å².